The highest BCUT2D eigenvalue weighted by molar-refractivity contribution is 7.51. The van der Waals surface area contributed by atoms with Gasteiger partial charge in [-0.15, -0.1) is 11.6 Å². The summed E-state index contributed by atoms with van der Waals surface area (Å²) in [7, 11) is -3.95. The molecule has 0 spiro atoms. The fraction of sp³-hybridized carbons (Fsp3) is 1.00. The van der Waals surface area contributed by atoms with Crippen molar-refractivity contribution in [3.8, 4) is 0 Å². The van der Waals surface area contributed by atoms with Crippen LogP contribution in [0.4, 0.5) is 0 Å². The largest absolute Gasteiger partial charge is 0.339 e. The molecule has 4 nitrogen and oxygen atoms in total. The van der Waals surface area contributed by atoms with Gasteiger partial charge in [-0.05, 0) is 12.8 Å². The molecule has 1 saturated carbocycles. The summed E-state index contributed by atoms with van der Waals surface area (Å²) in [6, 6.07) is 0.310. The Morgan fingerprint density at radius 1 is 1.27 bits per heavy atom. The number of hydrogen-bond acceptors (Lipinski definition) is 2. The average Bonchev–Trinajstić information content (AvgIpc) is 2.17. The van der Waals surface area contributed by atoms with E-state index in [2.05, 4.69) is 0 Å². The van der Waals surface area contributed by atoms with Gasteiger partial charge >= 0.3 is 7.60 Å². The summed E-state index contributed by atoms with van der Waals surface area (Å²) in [5, 5.41) is 0. The first-order valence-corrected chi connectivity index (χ1v) is 7.71. The van der Waals surface area contributed by atoms with E-state index >= 15 is 0 Å². The molecule has 0 amide bonds. The summed E-state index contributed by atoms with van der Waals surface area (Å²) in [6.07, 6.45) is 5.48. The van der Waals surface area contributed by atoms with Crippen LogP contribution in [0.1, 0.15) is 32.1 Å². The molecule has 0 aliphatic heterocycles. The lowest BCUT2D eigenvalue weighted by atomic mass is 9.94. The van der Waals surface area contributed by atoms with Crippen molar-refractivity contribution >= 4 is 19.2 Å². The minimum Gasteiger partial charge on any atom is -0.324 e. The van der Waals surface area contributed by atoms with Crippen LogP contribution in [-0.2, 0) is 4.57 Å². The zero-order valence-corrected chi connectivity index (χ0v) is 10.5. The normalized spacial score (nSPS) is 19.7. The van der Waals surface area contributed by atoms with Gasteiger partial charge in [-0.2, -0.15) is 0 Å². The Balaban J connectivity index is 2.51. The van der Waals surface area contributed by atoms with Crippen molar-refractivity contribution < 1.29 is 14.4 Å². The van der Waals surface area contributed by atoms with Crippen LogP contribution in [0.3, 0.4) is 0 Å². The first kappa shape index (κ1) is 13.5. The van der Waals surface area contributed by atoms with Crippen LogP contribution >= 0.6 is 19.2 Å². The van der Waals surface area contributed by atoms with E-state index in [0.29, 0.717) is 18.5 Å². The first-order valence-electron chi connectivity index (χ1n) is 5.37. The fourth-order valence-corrected chi connectivity index (χ4v) is 3.22. The van der Waals surface area contributed by atoms with Crippen LogP contribution in [0.2, 0.25) is 0 Å². The Bertz CT molecular complexity index is 227. The Hall–Kier alpha value is 0.400. The third-order valence-corrected chi connectivity index (χ3v) is 3.73. The minimum absolute atomic E-state index is 0.148. The molecule has 6 heteroatoms. The molecule has 1 fully saturated rings. The van der Waals surface area contributed by atoms with E-state index in [-0.39, 0.29) is 6.29 Å². The minimum atomic E-state index is -3.95. The maximum absolute atomic E-state index is 11.0. The van der Waals surface area contributed by atoms with Crippen molar-refractivity contribution in [2.24, 2.45) is 0 Å². The van der Waals surface area contributed by atoms with Gasteiger partial charge in [0.2, 0.25) is 0 Å². The van der Waals surface area contributed by atoms with Crippen LogP contribution in [-0.4, -0.2) is 39.4 Å². The molecule has 0 bridgehead atoms. The molecule has 0 saturated heterocycles. The molecule has 0 aromatic heterocycles. The molecule has 0 heterocycles. The highest BCUT2D eigenvalue weighted by Gasteiger charge is 2.26. The molecule has 0 aromatic carbocycles. The van der Waals surface area contributed by atoms with Gasteiger partial charge < -0.3 is 9.79 Å². The molecule has 90 valence electrons. The van der Waals surface area contributed by atoms with E-state index in [1.807, 2.05) is 4.90 Å². The molecule has 0 unspecified atom stereocenters. The fourth-order valence-electron chi connectivity index (χ4n) is 2.16. The van der Waals surface area contributed by atoms with Gasteiger partial charge in [-0.3, -0.25) is 9.46 Å². The zero-order valence-electron chi connectivity index (χ0n) is 8.81. The van der Waals surface area contributed by atoms with Gasteiger partial charge in [-0.1, -0.05) is 19.3 Å². The molecule has 1 aliphatic rings. The van der Waals surface area contributed by atoms with Gasteiger partial charge in [0.15, 0.2) is 0 Å². The van der Waals surface area contributed by atoms with Crippen molar-refractivity contribution in [2.75, 3.05) is 18.7 Å². The van der Waals surface area contributed by atoms with Crippen molar-refractivity contribution in [3.63, 3.8) is 0 Å². The van der Waals surface area contributed by atoms with Crippen molar-refractivity contribution in [1.82, 2.24) is 4.90 Å². The Labute approximate surface area is 95.8 Å². The summed E-state index contributed by atoms with van der Waals surface area (Å²) in [6.45, 7) is 0.567. The first-order chi connectivity index (χ1) is 7.03. The van der Waals surface area contributed by atoms with E-state index in [1.165, 1.54) is 6.42 Å². The van der Waals surface area contributed by atoms with E-state index < -0.39 is 7.60 Å². The SMILES string of the molecule is O=P(O)(O)CN(CCCl)C1CCCCC1. The van der Waals surface area contributed by atoms with Crippen molar-refractivity contribution in [3.05, 3.63) is 0 Å². The van der Waals surface area contributed by atoms with Crippen LogP contribution < -0.4 is 0 Å². The molecule has 0 radical (unpaired) electrons. The smallest absolute Gasteiger partial charge is 0.324 e. The van der Waals surface area contributed by atoms with Crippen LogP contribution in [0, 0.1) is 0 Å². The summed E-state index contributed by atoms with van der Waals surface area (Å²) < 4.78 is 11.0. The predicted octanol–water partition coefficient (Wildman–Crippen LogP) is 2.00. The van der Waals surface area contributed by atoms with E-state index in [4.69, 9.17) is 21.4 Å². The maximum atomic E-state index is 11.0. The van der Waals surface area contributed by atoms with Gasteiger partial charge in [0, 0.05) is 18.5 Å². The molecule has 0 atom stereocenters. The van der Waals surface area contributed by atoms with Crippen LogP contribution in [0.15, 0.2) is 0 Å². The molecule has 0 aromatic rings. The second-order valence-corrected chi connectivity index (χ2v) is 6.09. The Morgan fingerprint density at radius 3 is 2.33 bits per heavy atom. The highest BCUT2D eigenvalue weighted by atomic mass is 35.5. The van der Waals surface area contributed by atoms with E-state index in [1.54, 1.807) is 0 Å². The lowest BCUT2D eigenvalue weighted by molar-refractivity contribution is 0.177. The van der Waals surface area contributed by atoms with E-state index in [0.717, 1.165) is 25.7 Å². The van der Waals surface area contributed by atoms with Gasteiger partial charge in [0.05, 0.1) is 0 Å². The van der Waals surface area contributed by atoms with Crippen LogP contribution in [0.5, 0.6) is 0 Å². The zero-order chi connectivity index (χ0) is 11.3. The number of nitrogens with zero attached hydrogens (tertiary/aromatic N) is 1. The van der Waals surface area contributed by atoms with Crippen molar-refractivity contribution in [2.45, 2.75) is 38.1 Å². The quantitative estimate of drug-likeness (QED) is 0.583. The molecule has 2 N–H and O–H groups in total. The summed E-state index contributed by atoms with van der Waals surface area (Å²) >= 11 is 5.65. The van der Waals surface area contributed by atoms with Crippen LogP contribution in [0.25, 0.3) is 0 Å². The van der Waals surface area contributed by atoms with Gasteiger partial charge in [0.1, 0.15) is 6.29 Å². The monoisotopic (exact) mass is 255 g/mol. The topological polar surface area (TPSA) is 60.8 Å². The molecule has 1 aliphatic carbocycles. The second-order valence-electron chi connectivity index (χ2n) is 4.10. The van der Waals surface area contributed by atoms with Gasteiger partial charge in [-0.25, -0.2) is 0 Å². The Morgan fingerprint density at radius 2 is 1.87 bits per heavy atom. The second kappa shape index (κ2) is 6.21. The molecule has 15 heavy (non-hydrogen) atoms. The number of halogens is 1. The standard InChI is InChI=1S/C9H19ClNO3P/c10-6-7-11(8-15(12,13)14)9-4-2-1-3-5-9/h9H,1-8H2,(H2,12,13,14). The lowest BCUT2D eigenvalue weighted by Crippen LogP contribution is -2.38. The Kier molecular flexibility index (Phi) is 5.58. The lowest BCUT2D eigenvalue weighted by Gasteiger charge is -2.33. The number of alkyl halides is 1. The van der Waals surface area contributed by atoms with Crippen molar-refractivity contribution in [1.29, 1.82) is 0 Å². The van der Waals surface area contributed by atoms with E-state index in [9.17, 15) is 4.57 Å². The number of hydrogen-bond donors (Lipinski definition) is 2. The molecular formula is C9H19ClNO3P. The maximum Gasteiger partial charge on any atom is 0.339 e. The molecular weight excluding hydrogens is 237 g/mol. The molecule has 1 rings (SSSR count). The average molecular weight is 256 g/mol. The summed E-state index contributed by atoms with van der Waals surface area (Å²) in [4.78, 5) is 19.8. The van der Waals surface area contributed by atoms with Gasteiger partial charge in [0.25, 0.3) is 0 Å². The summed E-state index contributed by atoms with van der Waals surface area (Å²) in [5.74, 6) is 0.427. The third kappa shape index (κ3) is 5.32. The number of rotatable bonds is 5. The third-order valence-electron chi connectivity index (χ3n) is 2.83. The summed E-state index contributed by atoms with van der Waals surface area (Å²) in [5.41, 5.74) is 0. The highest BCUT2D eigenvalue weighted by Crippen LogP contribution is 2.37. The predicted molar refractivity (Wildman–Crippen MR) is 61.2 cm³/mol.